The van der Waals surface area contributed by atoms with Crippen molar-refractivity contribution in [3.63, 3.8) is 0 Å². The van der Waals surface area contributed by atoms with Crippen LogP contribution in [-0.2, 0) is 9.53 Å². The Bertz CT molecular complexity index is 473. The molecule has 0 aromatic heterocycles. The summed E-state index contributed by atoms with van der Waals surface area (Å²) in [7, 11) is 0. The predicted molar refractivity (Wildman–Crippen MR) is 62.6 cm³/mol. The van der Waals surface area contributed by atoms with Crippen LogP contribution in [0.5, 0.6) is 11.5 Å². The second kappa shape index (κ2) is 5.73. The highest BCUT2D eigenvalue weighted by atomic mass is 16.7. The highest BCUT2D eigenvalue weighted by Gasteiger charge is 2.47. The lowest BCUT2D eigenvalue weighted by molar-refractivity contribution is -0.279. The average molecular weight is 286 g/mol. The molecule has 0 unspecified atom stereocenters. The Morgan fingerprint density at radius 2 is 1.60 bits per heavy atom. The minimum absolute atomic E-state index is 0.0206. The summed E-state index contributed by atoms with van der Waals surface area (Å²) in [5.41, 5.74) is 0. The quantitative estimate of drug-likeness (QED) is 0.314. The van der Waals surface area contributed by atoms with Gasteiger partial charge in [-0.2, -0.15) is 0 Å². The highest BCUT2D eigenvalue weighted by molar-refractivity contribution is 5.78. The van der Waals surface area contributed by atoms with Gasteiger partial charge in [-0.25, -0.2) is 4.79 Å². The van der Waals surface area contributed by atoms with Crippen LogP contribution < -0.4 is 4.74 Å². The van der Waals surface area contributed by atoms with Gasteiger partial charge in [0.05, 0.1) is 0 Å². The number of phenolic OH excluding ortho intramolecular Hbond substituents is 1. The van der Waals surface area contributed by atoms with Crippen molar-refractivity contribution >= 4 is 5.97 Å². The van der Waals surface area contributed by atoms with Crippen LogP contribution in [0.2, 0.25) is 0 Å². The molecule has 1 aromatic rings. The van der Waals surface area contributed by atoms with Gasteiger partial charge >= 0.3 is 5.97 Å². The summed E-state index contributed by atoms with van der Waals surface area (Å²) in [4.78, 5) is 11.8. The summed E-state index contributed by atoms with van der Waals surface area (Å²) in [6, 6.07) is 5.19. The Kier molecular flexibility index (Phi) is 4.21. The van der Waals surface area contributed by atoms with E-state index in [9.17, 15) is 25.2 Å². The topological polar surface area (TPSA) is 137 Å². The third kappa shape index (κ3) is 2.89. The molecule has 1 aliphatic heterocycles. The van der Waals surface area contributed by atoms with Gasteiger partial charge in [0.15, 0.2) is 12.4 Å². The third-order valence-electron chi connectivity index (χ3n) is 2.88. The van der Waals surface area contributed by atoms with Crippen molar-refractivity contribution in [2.24, 2.45) is 0 Å². The average Bonchev–Trinajstić information content (AvgIpc) is 2.43. The molecule has 0 aliphatic carbocycles. The van der Waals surface area contributed by atoms with E-state index < -0.39 is 36.7 Å². The molecular formula is C12H14O8. The number of benzene rings is 1. The van der Waals surface area contributed by atoms with E-state index in [1.54, 1.807) is 0 Å². The summed E-state index contributed by atoms with van der Waals surface area (Å²) in [5.74, 6) is -0.986. The standard InChI is InChI=1S/C12H14O8/c13-5-1-3-6(4-2-5)19-12(18)10-8(15)7(14)9(16)11(17)20-10/h1-4,7-11,13-17H/t7-,8-,9+,10-,11-/m1/s1. The van der Waals surface area contributed by atoms with Crippen LogP contribution in [0, 0.1) is 0 Å². The van der Waals surface area contributed by atoms with Gasteiger partial charge in [-0.3, -0.25) is 0 Å². The van der Waals surface area contributed by atoms with Crippen molar-refractivity contribution in [2.75, 3.05) is 0 Å². The Hall–Kier alpha value is -1.71. The molecule has 0 radical (unpaired) electrons. The first-order chi connectivity index (χ1) is 9.40. The molecule has 8 heteroatoms. The number of ether oxygens (including phenoxy) is 2. The second-order valence-corrected chi connectivity index (χ2v) is 4.33. The van der Waals surface area contributed by atoms with Crippen molar-refractivity contribution in [1.82, 2.24) is 0 Å². The number of carbonyl (C=O) groups is 1. The van der Waals surface area contributed by atoms with E-state index in [-0.39, 0.29) is 11.5 Å². The van der Waals surface area contributed by atoms with E-state index in [0.29, 0.717) is 0 Å². The molecule has 1 aliphatic rings. The maximum atomic E-state index is 11.8. The minimum Gasteiger partial charge on any atom is -0.508 e. The number of aliphatic hydroxyl groups excluding tert-OH is 4. The Balaban J connectivity index is 2.06. The van der Waals surface area contributed by atoms with Gasteiger partial charge in [-0.15, -0.1) is 0 Å². The molecule has 1 aromatic carbocycles. The lowest BCUT2D eigenvalue weighted by atomic mass is 9.99. The molecule has 8 nitrogen and oxygen atoms in total. The Labute approximate surface area is 113 Å². The molecule has 1 heterocycles. The van der Waals surface area contributed by atoms with Crippen molar-refractivity contribution in [2.45, 2.75) is 30.7 Å². The summed E-state index contributed by atoms with van der Waals surface area (Å²) in [6.07, 6.45) is -8.65. The van der Waals surface area contributed by atoms with Crippen LogP contribution in [0.15, 0.2) is 24.3 Å². The van der Waals surface area contributed by atoms with Gasteiger partial charge in [-0.05, 0) is 24.3 Å². The van der Waals surface area contributed by atoms with E-state index in [0.717, 1.165) is 0 Å². The summed E-state index contributed by atoms with van der Waals surface area (Å²) >= 11 is 0. The summed E-state index contributed by atoms with van der Waals surface area (Å²) in [6.45, 7) is 0. The maximum absolute atomic E-state index is 11.8. The van der Waals surface area contributed by atoms with Gasteiger partial charge in [0, 0.05) is 0 Å². The Morgan fingerprint density at radius 3 is 2.20 bits per heavy atom. The van der Waals surface area contributed by atoms with E-state index in [1.165, 1.54) is 24.3 Å². The first-order valence-corrected chi connectivity index (χ1v) is 5.78. The monoisotopic (exact) mass is 286 g/mol. The van der Waals surface area contributed by atoms with E-state index in [1.807, 2.05) is 0 Å². The zero-order valence-electron chi connectivity index (χ0n) is 10.2. The molecule has 5 N–H and O–H groups in total. The summed E-state index contributed by atoms with van der Waals surface area (Å²) < 4.78 is 9.58. The van der Waals surface area contributed by atoms with Crippen LogP contribution in [0.1, 0.15) is 0 Å². The van der Waals surface area contributed by atoms with Crippen LogP contribution in [0.3, 0.4) is 0 Å². The lowest BCUT2D eigenvalue weighted by Crippen LogP contribution is -2.60. The zero-order valence-corrected chi connectivity index (χ0v) is 10.2. The third-order valence-corrected chi connectivity index (χ3v) is 2.88. The molecule has 0 saturated carbocycles. The van der Waals surface area contributed by atoms with Crippen molar-refractivity contribution in [1.29, 1.82) is 0 Å². The van der Waals surface area contributed by atoms with E-state index in [2.05, 4.69) is 0 Å². The van der Waals surface area contributed by atoms with Gasteiger partial charge in [0.2, 0.25) is 0 Å². The molecule has 2 rings (SSSR count). The molecule has 110 valence electrons. The lowest BCUT2D eigenvalue weighted by Gasteiger charge is -2.36. The fourth-order valence-corrected chi connectivity index (χ4v) is 1.74. The number of aromatic hydroxyl groups is 1. The molecule has 0 amide bonds. The van der Waals surface area contributed by atoms with Crippen LogP contribution >= 0.6 is 0 Å². The van der Waals surface area contributed by atoms with Crippen LogP contribution in [-0.4, -0.2) is 62.2 Å². The number of phenols is 1. The van der Waals surface area contributed by atoms with Gasteiger partial charge in [-0.1, -0.05) is 0 Å². The SMILES string of the molecule is O=C(Oc1ccc(O)cc1)[C@@H]1O[C@@H](O)[C@@H](O)[C@H](O)[C@H]1O. The van der Waals surface area contributed by atoms with Crippen LogP contribution in [0.4, 0.5) is 0 Å². The largest absolute Gasteiger partial charge is 0.508 e. The smallest absolute Gasteiger partial charge is 0.343 e. The first kappa shape index (κ1) is 14.7. The Morgan fingerprint density at radius 1 is 1.00 bits per heavy atom. The number of esters is 1. The van der Waals surface area contributed by atoms with E-state index >= 15 is 0 Å². The zero-order chi connectivity index (χ0) is 14.9. The van der Waals surface area contributed by atoms with Gasteiger partial charge in [0.1, 0.15) is 29.8 Å². The minimum atomic E-state index is -1.81. The van der Waals surface area contributed by atoms with Gasteiger partial charge in [0.25, 0.3) is 0 Å². The van der Waals surface area contributed by atoms with Gasteiger partial charge < -0.3 is 35.0 Å². The fourth-order valence-electron chi connectivity index (χ4n) is 1.74. The number of aliphatic hydroxyl groups is 4. The van der Waals surface area contributed by atoms with Crippen molar-refractivity contribution in [3.8, 4) is 11.5 Å². The molecule has 1 saturated heterocycles. The molecule has 0 bridgehead atoms. The molecular weight excluding hydrogens is 272 g/mol. The maximum Gasteiger partial charge on any atom is 0.343 e. The van der Waals surface area contributed by atoms with Crippen molar-refractivity contribution in [3.05, 3.63) is 24.3 Å². The molecule has 1 fully saturated rings. The summed E-state index contributed by atoms with van der Waals surface area (Å²) in [5, 5.41) is 46.7. The molecule has 0 spiro atoms. The first-order valence-electron chi connectivity index (χ1n) is 5.78. The number of carbonyl (C=O) groups excluding carboxylic acids is 1. The normalized spacial score (nSPS) is 33.7. The highest BCUT2D eigenvalue weighted by Crippen LogP contribution is 2.22. The fraction of sp³-hybridized carbons (Fsp3) is 0.417. The van der Waals surface area contributed by atoms with Crippen LogP contribution in [0.25, 0.3) is 0 Å². The second-order valence-electron chi connectivity index (χ2n) is 4.33. The number of rotatable bonds is 2. The van der Waals surface area contributed by atoms with E-state index in [4.69, 9.17) is 14.6 Å². The number of hydrogen-bond acceptors (Lipinski definition) is 8. The number of hydrogen-bond donors (Lipinski definition) is 5. The van der Waals surface area contributed by atoms with Crippen molar-refractivity contribution < 1.29 is 39.8 Å². The molecule has 5 atom stereocenters. The predicted octanol–water partition coefficient (Wildman–Crippen LogP) is -1.90. The molecule has 20 heavy (non-hydrogen) atoms.